The van der Waals surface area contributed by atoms with Gasteiger partial charge in [-0.05, 0) is 38.8 Å². The summed E-state index contributed by atoms with van der Waals surface area (Å²) in [4.78, 5) is 26.8. The summed E-state index contributed by atoms with van der Waals surface area (Å²) in [5.41, 5.74) is 3.13. The summed E-state index contributed by atoms with van der Waals surface area (Å²) in [7, 11) is 0. The van der Waals surface area contributed by atoms with Crippen LogP contribution in [0.2, 0.25) is 0 Å². The van der Waals surface area contributed by atoms with Gasteiger partial charge < -0.3 is 0 Å². The maximum atomic E-state index is 13.4. The number of nitrogens with zero attached hydrogens (tertiary/aromatic N) is 3. The monoisotopic (exact) mass is 361 g/mol. The molecule has 5 heteroatoms. The Balaban J connectivity index is 1.69. The van der Waals surface area contributed by atoms with E-state index in [4.69, 9.17) is 0 Å². The first-order valence-electron chi connectivity index (χ1n) is 9.94. The minimum absolute atomic E-state index is 0.00783. The van der Waals surface area contributed by atoms with Crippen LogP contribution in [0.25, 0.3) is 5.69 Å². The summed E-state index contributed by atoms with van der Waals surface area (Å²) in [5.74, 6) is 0. The topological polar surface area (TPSA) is 48.9 Å². The van der Waals surface area contributed by atoms with E-state index in [0.717, 1.165) is 12.8 Å². The SMILES string of the molecule is CC1=C(C)[C@@]23CCCC[C@@]12[C@@H]1C=C[C@@H]3n2c(=O)n(-c3ccccc3)c(=O)n21. The van der Waals surface area contributed by atoms with E-state index in [1.165, 1.54) is 28.6 Å². The molecule has 0 amide bonds. The third-order valence-corrected chi connectivity index (χ3v) is 8.12. The lowest BCUT2D eigenvalue weighted by Gasteiger charge is -2.71. The van der Waals surface area contributed by atoms with E-state index in [1.54, 1.807) is 9.36 Å². The molecule has 2 aromatic rings. The first-order valence-corrected chi connectivity index (χ1v) is 9.94. The zero-order valence-corrected chi connectivity index (χ0v) is 15.7. The number of aromatic nitrogens is 3. The minimum Gasteiger partial charge on any atom is -0.245 e. The molecule has 1 aromatic heterocycles. The number of benzene rings is 1. The standard InChI is InChI=1S/C22H23N3O2/c1-14-15(2)22-13-7-6-12-21(14,22)17-10-11-18(22)25-20(27)23(19(26)24(17)25)16-8-4-3-5-9-16/h3-5,8-11,17-18H,6-7,12-13H2,1-2H3/t17-,18-,21-,22+/m0/s1. The highest BCUT2D eigenvalue weighted by Crippen LogP contribution is 2.78. The van der Waals surface area contributed by atoms with Crippen LogP contribution in [0.15, 0.2) is 63.2 Å². The van der Waals surface area contributed by atoms with E-state index < -0.39 is 0 Å². The molecule has 0 spiro atoms. The van der Waals surface area contributed by atoms with Gasteiger partial charge in [-0.25, -0.2) is 23.5 Å². The lowest BCUT2D eigenvalue weighted by atomic mass is 9.35. The highest BCUT2D eigenvalue weighted by atomic mass is 16.2. The molecule has 4 atom stereocenters. The quantitative estimate of drug-likeness (QED) is 0.731. The minimum atomic E-state index is -0.212. The summed E-state index contributed by atoms with van der Waals surface area (Å²) in [6.45, 7) is 4.49. The molecule has 27 heavy (non-hydrogen) atoms. The van der Waals surface area contributed by atoms with Crippen LogP contribution in [0.1, 0.15) is 51.6 Å². The Bertz CT molecular complexity index is 1090. The van der Waals surface area contributed by atoms with Crippen molar-refractivity contribution in [1.82, 2.24) is 13.9 Å². The first kappa shape index (κ1) is 15.5. The third kappa shape index (κ3) is 1.38. The number of rotatable bonds is 1. The smallest absolute Gasteiger partial charge is 0.245 e. The Morgan fingerprint density at radius 1 is 0.815 bits per heavy atom. The molecule has 0 unspecified atom stereocenters. The summed E-state index contributed by atoms with van der Waals surface area (Å²) in [5, 5.41) is 0. The van der Waals surface area contributed by atoms with Crippen LogP contribution in [0.4, 0.5) is 0 Å². The average Bonchev–Trinajstić information content (AvgIpc) is 2.99. The predicted molar refractivity (Wildman–Crippen MR) is 103 cm³/mol. The van der Waals surface area contributed by atoms with Gasteiger partial charge in [-0.15, -0.1) is 0 Å². The summed E-state index contributed by atoms with van der Waals surface area (Å²) in [6.07, 6.45) is 9.00. The van der Waals surface area contributed by atoms with Crippen LogP contribution in [0.5, 0.6) is 0 Å². The molecule has 7 rings (SSSR count). The molecule has 3 heterocycles. The van der Waals surface area contributed by atoms with Crippen molar-refractivity contribution in [3.63, 3.8) is 0 Å². The van der Waals surface area contributed by atoms with Gasteiger partial charge in [0.2, 0.25) is 0 Å². The molecule has 0 radical (unpaired) electrons. The molecule has 2 aliphatic heterocycles. The van der Waals surface area contributed by atoms with Crippen LogP contribution in [0, 0.1) is 10.8 Å². The second kappa shape index (κ2) is 4.64. The third-order valence-electron chi connectivity index (χ3n) is 8.12. The molecular weight excluding hydrogens is 338 g/mol. The number of hydrogen-bond acceptors (Lipinski definition) is 2. The first-order chi connectivity index (χ1) is 13.1. The van der Waals surface area contributed by atoms with Gasteiger partial charge >= 0.3 is 11.4 Å². The van der Waals surface area contributed by atoms with E-state index >= 15 is 0 Å². The second-order valence-corrected chi connectivity index (χ2v) is 8.60. The maximum absolute atomic E-state index is 13.4. The van der Waals surface area contributed by atoms with E-state index in [2.05, 4.69) is 26.0 Å². The zero-order valence-electron chi connectivity index (χ0n) is 15.7. The van der Waals surface area contributed by atoms with Crippen LogP contribution < -0.4 is 11.4 Å². The molecule has 0 N–H and O–H groups in total. The lowest BCUT2D eigenvalue weighted by molar-refractivity contribution is -0.104. The lowest BCUT2D eigenvalue weighted by Crippen LogP contribution is -2.68. The van der Waals surface area contributed by atoms with Gasteiger partial charge in [-0.2, -0.15) is 0 Å². The fourth-order valence-electron chi connectivity index (χ4n) is 7.07. The molecule has 138 valence electrons. The average molecular weight is 361 g/mol. The van der Waals surface area contributed by atoms with Crippen molar-refractivity contribution in [1.29, 1.82) is 0 Å². The van der Waals surface area contributed by atoms with Crippen LogP contribution >= 0.6 is 0 Å². The molecule has 1 saturated carbocycles. The van der Waals surface area contributed by atoms with Gasteiger partial charge in [-0.3, -0.25) is 0 Å². The summed E-state index contributed by atoms with van der Waals surface area (Å²) >= 11 is 0. The van der Waals surface area contributed by atoms with Crippen molar-refractivity contribution in [2.45, 2.75) is 51.6 Å². The normalized spacial score (nSPS) is 35.5. The van der Waals surface area contributed by atoms with Crippen molar-refractivity contribution in [2.75, 3.05) is 0 Å². The predicted octanol–water partition coefficient (Wildman–Crippen LogP) is 3.36. The Morgan fingerprint density at radius 3 is 1.78 bits per heavy atom. The fraction of sp³-hybridized carbons (Fsp3) is 0.455. The van der Waals surface area contributed by atoms with E-state index in [0.29, 0.717) is 5.69 Å². The van der Waals surface area contributed by atoms with Gasteiger partial charge in [0, 0.05) is 10.8 Å². The van der Waals surface area contributed by atoms with Gasteiger partial charge in [0.1, 0.15) is 0 Å². The molecule has 1 aromatic carbocycles. The van der Waals surface area contributed by atoms with E-state index in [1.807, 2.05) is 30.3 Å². The van der Waals surface area contributed by atoms with E-state index in [-0.39, 0.29) is 34.3 Å². The number of hydrogen-bond donors (Lipinski definition) is 0. The Kier molecular flexibility index (Phi) is 2.66. The second-order valence-electron chi connectivity index (χ2n) is 8.60. The van der Waals surface area contributed by atoms with Gasteiger partial charge in [0.05, 0.1) is 17.8 Å². The van der Waals surface area contributed by atoms with Crippen molar-refractivity contribution >= 4 is 0 Å². The molecule has 1 fully saturated rings. The molecule has 5 nitrogen and oxygen atoms in total. The Labute approximate surface area is 157 Å². The van der Waals surface area contributed by atoms with Crippen LogP contribution in [-0.2, 0) is 0 Å². The van der Waals surface area contributed by atoms with Crippen molar-refractivity contribution in [3.05, 3.63) is 74.6 Å². The Hall–Kier alpha value is -2.56. The maximum Gasteiger partial charge on any atom is 0.352 e. The van der Waals surface area contributed by atoms with Gasteiger partial charge in [0.15, 0.2) is 0 Å². The zero-order chi connectivity index (χ0) is 18.6. The molecule has 3 aliphatic carbocycles. The molecule has 2 bridgehead atoms. The molecule has 0 saturated heterocycles. The highest BCUT2D eigenvalue weighted by Gasteiger charge is 2.72. The fourth-order valence-corrected chi connectivity index (χ4v) is 7.07. The van der Waals surface area contributed by atoms with Gasteiger partial charge in [-0.1, -0.05) is 54.3 Å². The largest absolute Gasteiger partial charge is 0.352 e. The number of allylic oxidation sites excluding steroid dienone is 4. The molecular formula is C22H23N3O2. The van der Waals surface area contributed by atoms with Crippen LogP contribution in [0.3, 0.4) is 0 Å². The van der Waals surface area contributed by atoms with Crippen molar-refractivity contribution < 1.29 is 0 Å². The van der Waals surface area contributed by atoms with Crippen LogP contribution in [-0.4, -0.2) is 13.9 Å². The van der Waals surface area contributed by atoms with Gasteiger partial charge in [0.25, 0.3) is 0 Å². The highest BCUT2D eigenvalue weighted by molar-refractivity contribution is 5.51. The summed E-state index contributed by atoms with van der Waals surface area (Å²) < 4.78 is 4.88. The molecule has 5 aliphatic rings. The summed E-state index contributed by atoms with van der Waals surface area (Å²) in [6, 6.07) is 9.18. The van der Waals surface area contributed by atoms with Crippen molar-refractivity contribution in [2.24, 2.45) is 10.8 Å². The number of para-hydroxylation sites is 1. The van der Waals surface area contributed by atoms with E-state index in [9.17, 15) is 9.59 Å². The van der Waals surface area contributed by atoms with Crippen molar-refractivity contribution in [3.8, 4) is 5.69 Å². The Morgan fingerprint density at radius 2 is 1.30 bits per heavy atom.